The van der Waals surface area contributed by atoms with Gasteiger partial charge in [0.15, 0.2) is 9.84 Å². The highest BCUT2D eigenvalue weighted by Crippen LogP contribution is 2.33. The Balaban J connectivity index is 2.17. The average Bonchev–Trinajstić information content (AvgIpc) is 2.76. The highest BCUT2D eigenvalue weighted by atomic mass is 32.2. The molecule has 0 aliphatic carbocycles. The van der Waals surface area contributed by atoms with E-state index in [0.717, 1.165) is 0 Å². The van der Waals surface area contributed by atoms with Crippen molar-refractivity contribution in [2.75, 3.05) is 20.3 Å². The molecule has 0 aromatic carbocycles. The largest absolute Gasteiger partial charge is 0.376 e. The van der Waals surface area contributed by atoms with E-state index in [1.807, 2.05) is 0 Å². The third-order valence-electron chi connectivity index (χ3n) is 3.34. The fourth-order valence-corrected chi connectivity index (χ4v) is 3.84. The fraction of sp³-hybridized carbons (Fsp3) is 1.00. The molecule has 6 heteroatoms. The van der Waals surface area contributed by atoms with E-state index in [4.69, 9.17) is 14.2 Å². The number of fused-ring (bicyclic) bond motifs is 1. The summed E-state index contributed by atoms with van der Waals surface area (Å²) in [5, 5.41) is -0.942. The predicted octanol–water partition coefficient (Wildman–Crippen LogP) is -0.00920. The van der Waals surface area contributed by atoms with Crippen LogP contribution < -0.4 is 0 Å². The SMILES string of the molecule is COC1CO[C@@H]2C(S(=O)(=O)C(C)C)CO[C@H]12. The van der Waals surface area contributed by atoms with Gasteiger partial charge < -0.3 is 14.2 Å². The van der Waals surface area contributed by atoms with Crippen LogP contribution in [0.15, 0.2) is 0 Å². The Hall–Kier alpha value is -0.170. The van der Waals surface area contributed by atoms with Crippen LogP contribution in [0.1, 0.15) is 13.8 Å². The molecule has 0 saturated carbocycles. The van der Waals surface area contributed by atoms with Crippen LogP contribution in [0.4, 0.5) is 0 Å². The van der Waals surface area contributed by atoms with Crippen molar-refractivity contribution in [1.29, 1.82) is 0 Å². The minimum atomic E-state index is -3.17. The number of rotatable bonds is 3. The third kappa shape index (κ3) is 1.77. The molecule has 2 fully saturated rings. The molecule has 2 heterocycles. The molecule has 0 bridgehead atoms. The van der Waals surface area contributed by atoms with Gasteiger partial charge in [-0.05, 0) is 13.8 Å². The quantitative estimate of drug-likeness (QED) is 0.705. The molecular formula is C10H18O5S. The van der Waals surface area contributed by atoms with E-state index in [-0.39, 0.29) is 24.9 Å². The van der Waals surface area contributed by atoms with Crippen LogP contribution >= 0.6 is 0 Å². The second-order valence-electron chi connectivity index (χ2n) is 4.55. The molecule has 2 aliphatic heterocycles. The van der Waals surface area contributed by atoms with E-state index in [1.54, 1.807) is 21.0 Å². The van der Waals surface area contributed by atoms with Gasteiger partial charge >= 0.3 is 0 Å². The van der Waals surface area contributed by atoms with E-state index in [1.165, 1.54) is 0 Å². The molecule has 2 unspecified atom stereocenters. The number of hydrogen-bond acceptors (Lipinski definition) is 5. The first-order valence-electron chi connectivity index (χ1n) is 5.47. The summed E-state index contributed by atoms with van der Waals surface area (Å²) in [7, 11) is -1.58. The van der Waals surface area contributed by atoms with Gasteiger partial charge in [0.25, 0.3) is 0 Å². The number of hydrogen-bond donors (Lipinski definition) is 0. The van der Waals surface area contributed by atoms with Crippen LogP contribution in [0.25, 0.3) is 0 Å². The Kier molecular flexibility index (Phi) is 3.27. The van der Waals surface area contributed by atoms with Gasteiger partial charge in [0.1, 0.15) is 23.6 Å². The zero-order valence-electron chi connectivity index (χ0n) is 9.75. The highest BCUT2D eigenvalue weighted by Gasteiger charge is 2.53. The van der Waals surface area contributed by atoms with E-state index in [9.17, 15) is 8.42 Å². The summed E-state index contributed by atoms with van der Waals surface area (Å²) in [5.41, 5.74) is 0. The van der Waals surface area contributed by atoms with Crippen molar-refractivity contribution in [2.24, 2.45) is 0 Å². The average molecular weight is 250 g/mol. The molecule has 0 aromatic heterocycles. The van der Waals surface area contributed by atoms with Gasteiger partial charge in [-0.25, -0.2) is 8.42 Å². The van der Waals surface area contributed by atoms with Crippen molar-refractivity contribution in [3.8, 4) is 0 Å². The van der Waals surface area contributed by atoms with Crippen molar-refractivity contribution in [3.05, 3.63) is 0 Å². The fourth-order valence-electron chi connectivity index (χ4n) is 2.26. The van der Waals surface area contributed by atoms with Gasteiger partial charge in [0.05, 0.1) is 18.5 Å². The Morgan fingerprint density at radius 1 is 1.19 bits per heavy atom. The lowest BCUT2D eigenvalue weighted by Crippen LogP contribution is -2.39. The summed E-state index contributed by atoms with van der Waals surface area (Å²) in [6.45, 7) is 4.00. The number of methoxy groups -OCH3 is 1. The van der Waals surface area contributed by atoms with Crippen LogP contribution in [0.3, 0.4) is 0 Å². The first-order chi connectivity index (χ1) is 7.48. The van der Waals surface area contributed by atoms with Gasteiger partial charge in [0, 0.05) is 7.11 Å². The van der Waals surface area contributed by atoms with Crippen LogP contribution in [0.5, 0.6) is 0 Å². The summed E-state index contributed by atoms with van der Waals surface area (Å²) in [6, 6.07) is 0. The van der Waals surface area contributed by atoms with E-state index in [0.29, 0.717) is 6.61 Å². The lowest BCUT2D eigenvalue weighted by molar-refractivity contribution is -0.00717. The molecule has 0 spiro atoms. The van der Waals surface area contributed by atoms with Gasteiger partial charge in [-0.3, -0.25) is 0 Å². The first-order valence-corrected chi connectivity index (χ1v) is 7.08. The van der Waals surface area contributed by atoms with Gasteiger partial charge in [-0.1, -0.05) is 0 Å². The molecule has 4 atom stereocenters. The smallest absolute Gasteiger partial charge is 0.160 e. The molecular weight excluding hydrogens is 232 g/mol. The third-order valence-corrected chi connectivity index (χ3v) is 5.91. The summed E-state index contributed by atoms with van der Waals surface area (Å²) >= 11 is 0. The molecule has 16 heavy (non-hydrogen) atoms. The normalized spacial score (nSPS) is 39.2. The minimum absolute atomic E-state index is 0.141. The molecule has 2 aliphatic rings. The zero-order valence-corrected chi connectivity index (χ0v) is 10.6. The number of ether oxygens (including phenoxy) is 3. The lowest BCUT2D eigenvalue weighted by Gasteiger charge is -2.18. The molecule has 2 saturated heterocycles. The second-order valence-corrected chi connectivity index (χ2v) is 7.27. The van der Waals surface area contributed by atoms with Crippen molar-refractivity contribution in [3.63, 3.8) is 0 Å². The maximum atomic E-state index is 12.1. The lowest BCUT2D eigenvalue weighted by atomic mass is 10.1. The Morgan fingerprint density at radius 3 is 2.38 bits per heavy atom. The summed E-state index contributed by atoms with van der Waals surface area (Å²) in [5.74, 6) is 0. The summed E-state index contributed by atoms with van der Waals surface area (Å²) in [6.07, 6.45) is -0.738. The molecule has 0 N–H and O–H groups in total. The minimum Gasteiger partial charge on any atom is -0.376 e. The van der Waals surface area contributed by atoms with Gasteiger partial charge in [0.2, 0.25) is 0 Å². The highest BCUT2D eigenvalue weighted by molar-refractivity contribution is 7.92. The molecule has 94 valence electrons. The Labute approximate surface area is 96.0 Å². The van der Waals surface area contributed by atoms with Crippen molar-refractivity contribution < 1.29 is 22.6 Å². The molecule has 2 rings (SSSR count). The maximum Gasteiger partial charge on any atom is 0.160 e. The van der Waals surface area contributed by atoms with Crippen LogP contribution in [-0.4, -0.2) is 57.6 Å². The van der Waals surface area contributed by atoms with Gasteiger partial charge in [-0.2, -0.15) is 0 Å². The van der Waals surface area contributed by atoms with Crippen LogP contribution in [-0.2, 0) is 24.0 Å². The maximum absolute atomic E-state index is 12.1. The van der Waals surface area contributed by atoms with Crippen molar-refractivity contribution in [2.45, 2.75) is 42.7 Å². The summed E-state index contributed by atoms with van der Waals surface area (Å²) < 4.78 is 40.3. The van der Waals surface area contributed by atoms with E-state index in [2.05, 4.69) is 0 Å². The van der Waals surface area contributed by atoms with Gasteiger partial charge in [-0.15, -0.1) is 0 Å². The first kappa shape index (κ1) is 12.3. The topological polar surface area (TPSA) is 61.8 Å². The van der Waals surface area contributed by atoms with Crippen molar-refractivity contribution in [1.82, 2.24) is 0 Å². The van der Waals surface area contributed by atoms with Crippen molar-refractivity contribution >= 4 is 9.84 Å². The molecule has 0 aromatic rings. The monoisotopic (exact) mass is 250 g/mol. The zero-order chi connectivity index (χ0) is 11.9. The molecule has 0 radical (unpaired) electrons. The van der Waals surface area contributed by atoms with E-state index >= 15 is 0 Å². The Morgan fingerprint density at radius 2 is 1.81 bits per heavy atom. The summed E-state index contributed by atoms with van der Waals surface area (Å²) in [4.78, 5) is 0. The predicted molar refractivity (Wildman–Crippen MR) is 58.1 cm³/mol. The molecule has 0 amide bonds. The van der Waals surface area contributed by atoms with E-state index < -0.39 is 20.3 Å². The van der Waals surface area contributed by atoms with Crippen LogP contribution in [0, 0.1) is 0 Å². The number of sulfone groups is 1. The standard InChI is InChI=1S/C10H18O5S/c1-6(2)16(11,12)8-5-15-9-7(13-3)4-14-10(8)9/h6-10H,4-5H2,1-3H3/t7?,8?,9-,10-/m1/s1. The van der Waals surface area contributed by atoms with Crippen LogP contribution in [0.2, 0.25) is 0 Å². The molecule has 5 nitrogen and oxygen atoms in total. The second kappa shape index (κ2) is 4.25. The Bertz CT molecular complexity index is 350.